The van der Waals surface area contributed by atoms with Crippen molar-refractivity contribution in [3.8, 4) is 84.6 Å². The number of rotatable bonds is 8. The van der Waals surface area contributed by atoms with Crippen LogP contribution in [0.5, 0.6) is 0 Å². The summed E-state index contributed by atoms with van der Waals surface area (Å²) in [5.74, 6) is 2.87. The predicted molar refractivity (Wildman–Crippen MR) is 369 cm³/mol. The van der Waals surface area contributed by atoms with Crippen molar-refractivity contribution in [2.75, 3.05) is 0 Å². The zero-order valence-electron chi connectivity index (χ0n) is 48.8. The smallest absolute Gasteiger partial charge is 0.164 e. The molecular formula is C82H54N6S. The molecule has 2 unspecified atom stereocenters. The van der Waals surface area contributed by atoms with Gasteiger partial charge < -0.3 is 4.57 Å². The monoisotopic (exact) mass is 1150 g/mol. The summed E-state index contributed by atoms with van der Waals surface area (Å²) in [6.45, 7) is 4.72. The van der Waals surface area contributed by atoms with Crippen LogP contribution in [-0.2, 0) is 5.41 Å². The lowest BCUT2D eigenvalue weighted by Crippen LogP contribution is -2.18. The Kier molecular flexibility index (Phi) is 11.5. The number of nitrogens with zero attached hydrogens (tertiary/aromatic N) is 6. The molecule has 7 heteroatoms. The molecule has 418 valence electrons. The minimum absolute atomic E-state index is 0.0793. The SMILES string of the molecule is CC1(C)c2ccc(-c3cc(-c4cccc(-c5cccc(-c6nc(C7=Cc8c(sc9ccccc89)C8C=CC=CC78)nc(-c7ccccc7)n6)c5)c4)nc(-c4ccc(-n5c6ccccc6c6c7ccccc7ccc65)cc4)n3)cc2-c2ccc3ccccc3c21. The quantitative estimate of drug-likeness (QED) is 0.152. The highest BCUT2D eigenvalue weighted by molar-refractivity contribution is 7.19. The molecule has 0 aliphatic heterocycles. The first-order valence-corrected chi connectivity index (χ1v) is 31.4. The molecule has 0 amide bonds. The molecule has 3 aliphatic carbocycles. The van der Waals surface area contributed by atoms with E-state index < -0.39 is 0 Å². The van der Waals surface area contributed by atoms with Gasteiger partial charge >= 0.3 is 0 Å². The molecule has 15 aromatic rings. The summed E-state index contributed by atoms with van der Waals surface area (Å²) in [6, 6.07) is 89.5. The van der Waals surface area contributed by atoms with Crippen molar-refractivity contribution >= 4 is 76.4 Å². The third kappa shape index (κ3) is 8.26. The fourth-order valence-electron chi connectivity index (χ4n) is 14.6. The normalized spacial score (nSPS) is 15.4. The van der Waals surface area contributed by atoms with Crippen molar-refractivity contribution < 1.29 is 0 Å². The van der Waals surface area contributed by atoms with Crippen LogP contribution in [0, 0.1) is 5.92 Å². The van der Waals surface area contributed by atoms with Gasteiger partial charge in [0.1, 0.15) is 0 Å². The Morgan fingerprint density at radius 2 is 0.966 bits per heavy atom. The van der Waals surface area contributed by atoms with Crippen LogP contribution in [0.4, 0.5) is 0 Å². The summed E-state index contributed by atoms with van der Waals surface area (Å²) >= 11 is 1.89. The van der Waals surface area contributed by atoms with Crippen LogP contribution in [-0.4, -0.2) is 29.5 Å². The van der Waals surface area contributed by atoms with Gasteiger partial charge in [-0.05, 0) is 139 Å². The molecule has 4 aromatic heterocycles. The van der Waals surface area contributed by atoms with E-state index in [4.69, 9.17) is 24.9 Å². The Balaban J connectivity index is 0.758. The minimum atomic E-state index is -0.184. The Labute approximate surface area is 518 Å². The predicted octanol–water partition coefficient (Wildman–Crippen LogP) is 21.0. The Morgan fingerprint density at radius 3 is 1.76 bits per heavy atom. The summed E-state index contributed by atoms with van der Waals surface area (Å²) < 4.78 is 3.68. The number of para-hydroxylation sites is 1. The number of fused-ring (bicyclic) bond motifs is 15. The highest BCUT2D eigenvalue weighted by Gasteiger charge is 2.38. The molecule has 2 atom stereocenters. The van der Waals surface area contributed by atoms with Crippen molar-refractivity contribution in [1.82, 2.24) is 29.5 Å². The maximum absolute atomic E-state index is 5.49. The number of allylic oxidation sites excluding steroid dienone is 5. The van der Waals surface area contributed by atoms with Gasteiger partial charge in [0.25, 0.3) is 0 Å². The van der Waals surface area contributed by atoms with Gasteiger partial charge in [0.15, 0.2) is 23.3 Å². The third-order valence-electron chi connectivity index (χ3n) is 18.8. The van der Waals surface area contributed by atoms with E-state index in [1.165, 1.54) is 86.1 Å². The first kappa shape index (κ1) is 51.3. The van der Waals surface area contributed by atoms with Crippen molar-refractivity contribution in [3.63, 3.8) is 0 Å². The van der Waals surface area contributed by atoms with E-state index in [2.05, 4.69) is 279 Å². The molecule has 18 rings (SSSR count). The molecule has 4 heterocycles. The second kappa shape index (κ2) is 20.0. The van der Waals surface area contributed by atoms with Crippen LogP contribution in [0.25, 0.3) is 150 Å². The fourth-order valence-corrected chi connectivity index (χ4v) is 15.9. The summed E-state index contributed by atoms with van der Waals surface area (Å²) in [4.78, 5) is 28.3. The van der Waals surface area contributed by atoms with E-state index in [1.54, 1.807) is 0 Å². The maximum Gasteiger partial charge on any atom is 0.164 e. The van der Waals surface area contributed by atoms with E-state index in [-0.39, 0.29) is 17.3 Å². The molecule has 0 fully saturated rings. The number of thiophene rings is 1. The van der Waals surface area contributed by atoms with Gasteiger partial charge in [-0.15, -0.1) is 11.3 Å². The largest absolute Gasteiger partial charge is 0.309 e. The topological polar surface area (TPSA) is 69.4 Å². The van der Waals surface area contributed by atoms with Gasteiger partial charge in [-0.25, -0.2) is 24.9 Å². The first-order chi connectivity index (χ1) is 43.8. The Bertz CT molecular complexity index is 5550. The maximum atomic E-state index is 5.49. The van der Waals surface area contributed by atoms with Gasteiger partial charge in [0.2, 0.25) is 0 Å². The summed E-state index contributed by atoms with van der Waals surface area (Å²) in [7, 11) is 0. The number of benzene rings is 11. The number of hydrogen-bond acceptors (Lipinski definition) is 6. The first-order valence-electron chi connectivity index (χ1n) is 30.5. The van der Waals surface area contributed by atoms with E-state index in [1.807, 2.05) is 29.5 Å². The van der Waals surface area contributed by atoms with E-state index >= 15 is 0 Å². The highest BCUT2D eigenvalue weighted by atomic mass is 32.1. The van der Waals surface area contributed by atoms with E-state index in [0.717, 1.165) is 61.6 Å². The Hall–Kier alpha value is -11.0. The lowest BCUT2D eigenvalue weighted by molar-refractivity contribution is 0.666. The summed E-state index contributed by atoms with van der Waals surface area (Å²) in [6.07, 6.45) is 11.3. The fraction of sp³-hybridized carbons (Fsp3) is 0.0610. The van der Waals surface area contributed by atoms with Crippen molar-refractivity contribution in [1.29, 1.82) is 0 Å². The molecule has 3 aliphatic rings. The molecular weight excluding hydrogens is 1100 g/mol. The molecule has 0 radical (unpaired) electrons. The summed E-state index contributed by atoms with van der Waals surface area (Å²) in [5.41, 5.74) is 19.3. The van der Waals surface area contributed by atoms with E-state index in [0.29, 0.717) is 23.3 Å². The van der Waals surface area contributed by atoms with Crippen LogP contribution >= 0.6 is 11.3 Å². The van der Waals surface area contributed by atoms with Crippen molar-refractivity contribution in [3.05, 3.63) is 300 Å². The van der Waals surface area contributed by atoms with Crippen LogP contribution in [0.15, 0.2) is 273 Å². The van der Waals surface area contributed by atoms with E-state index in [9.17, 15) is 0 Å². The summed E-state index contributed by atoms with van der Waals surface area (Å²) in [5, 5.41) is 8.79. The molecule has 0 N–H and O–H groups in total. The lowest BCUT2D eigenvalue weighted by Gasteiger charge is -2.30. The average molecular weight is 1160 g/mol. The second-order valence-electron chi connectivity index (χ2n) is 24.3. The number of hydrogen-bond donors (Lipinski definition) is 0. The van der Waals surface area contributed by atoms with Gasteiger partial charge in [-0.3, -0.25) is 0 Å². The lowest BCUT2D eigenvalue weighted by atomic mass is 9.76. The zero-order chi connectivity index (χ0) is 58.9. The van der Waals surface area contributed by atoms with Gasteiger partial charge in [-0.1, -0.05) is 220 Å². The highest BCUT2D eigenvalue weighted by Crippen LogP contribution is 2.53. The second-order valence-corrected chi connectivity index (χ2v) is 25.4. The van der Waals surface area contributed by atoms with Crippen molar-refractivity contribution in [2.24, 2.45) is 5.92 Å². The molecule has 0 saturated heterocycles. The Morgan fingerprint density at radius 1 is 0.393 bits per heavy atom. The van der Waals surface area contributed by atoms with Gasteiger partial charge in [0, 0.05) is 76.7 Å². The molecule has 0 spiro atoms. The van der Waals surface area contributed by atoms with Crippen LogP contribution in [0.1, 0.15) is 47.2 Å². The molecule has 89 heavy (non-hydrogen) atoms. The minimum Gasteiger partial charge on any atom is -0.309 e. The van der Waals surface area contributed by atoms with Crippen LogP contribution in [0.2, 0.25) is 0 Å². The number of aromatic nitrogens is 6. The zero-order valence-corrected chi connectivity index (χ0v) is 49.6. The molecule has 6 nitrogen and oxygen atoms in total. The van der Waals surface area contributed by atoms with Gasteiger partial charge in [0.05, 0.1) is 22.4 Å². The van der Waals surface area contributed by atoms with Crippen LogP contribution in [0.3, 0.4) is 0 Å². The standard InChI is InChI=1S/C82H54N6S/c1-82(2)69-42-37-56(46-66(69)63-41-36-50-19-7-9-27-60(50)76(63)82)71-48-70(83-78(84-71)52-34-39-58(40-35-52)88-72-32-14-12-31-65(72)75-59-26-8-6-18-49(59)38-43-73(75)88)55-24-16-22-53(44-55)54-23-17-25-57(45-54)80-85-79(51-20-4-3-5-21-51)86-81(87-80)68-47-67-62-29-13-15-33-74(62)89-77(67)64-30-11-10-28-61(64)68/h3-48,61,64H,1-2H3. The molecule has 0 saturated carbocycles. The third-order valence-corrected chi connectivity index (χ3v) is 20.1. The van der Waals surface area contributed by atoms with Crippen LogP contribution < -0.4 is 0 Å². The molecule has 11 aromatic carbocycles. The van der Waals surface area contributed by atoms with Gasteiger partial charge in [-0.2, -0.15) is 0 Å². The average Bonchev–Trinajstić information content (AvgIpc) is 1.70. The van der Waals surface area contributed by atoms with Crippen molar-refractivity contribution in [2.45, 2.75) is 25.2 Å². The molecule has 0 bridgehead atoms.